The normalized spacial score (nSPS) is 15.4. The Balaban J connectivity index is 0.00000338. The zero-order valence-corrected chi connectivity index (χ0v) is 18.5. The number of thioether (sulfide) groups is 1. The third-order valence-corrected chi connectivity index (χ3v) is 4.84. The van der Waals surface area contributed by atoms with Gasteiger partial charge in [-0.25, -0.2) is 4.39 Å². The second kappa shape index (κ2) is 14.5. The van der Waals surface area contributed by atoms with E-state index in [1.165, 1.54) is 12.1 Å². The van der Waals surface area contributed by atoms with Gasteiger partial charge in [0.05, 0.1) is 13.2 Å². The third kappa shape index (κ3) is 9.94. The number of halogens is 2. The Morgan fingerprint density at radius 3 is 2.65 bits per heavy atom. The summed E-state index contributed by atoms with van der Waals surface area (Å²) in [4.78, 5) is 8.14. The minimum Gasteiger partial charge on any atom is -0.379 e. The van der Waals surface area contributed by atoms with E-state index in [1.54, 1.807) is 11.8 Å². The molecule has 1 aromatic rings. The summed E-state index contributed by atoms with van der Waals surface area (Å²) < 4.78 is 18.2. The predicted octanol–water partition coefficient (Wildman–Crippen LogP) is 2.81. The number of nitrogens with zero attached hydrogens (tertiary/aromatic N) is 2. The largest absolute Gasteiger partial charge is 0.379 e. The van der Waals surface area contributed by atoms with Crippen LogP contribution in [0.2, 0.25) is 0 Å². The van der Waals surface area contributed by atoms with Gasteiger partial charge in [-0.2, -0.15) is 0 Å². The van der Waals surface area contributed by atoms with Crippen LogP contribution < -0.4 is 10.6 Å². The lowest BCUT2D eigenvalue weighted by Crippen LogP contribution is -2.39. The molecule has 1 aromatic carbocycles. The zero-order valence-electron chi connectivity index (χ0n) is 15.4. The van der Waals surface area contributed by atoms with Crippen LogP contribution in [0.4, 0.5) is 4.39 Å². The van der Waals surface area contributed by atoms with Gasteiger partial charge in [0, 0.05) is 49.9 Å². The molecule has 26 heavy (non-hydrogen) atoms. The summed E-state index contributed by atoms with van der Waals surface area (Å²) in [6.45, 7) is 9.38. The van der Waals surface area contributed by atoms with Gasteiger partial charge in [-0.1, -0.05) is 0 Å². The summed E-state index contributed by atoms with van der Waals surface area (Å²) >= 11 is 1.71. The number of hydrogen-bond donors (Lipinski definition) is 2. The highest BCUT2D eigenvalue weighted by Gasteiger charge is 2.09. The highest BCUT2D eigenvalue weighted by Crippen LogP contribution is 2.17. The van der Waals surface area contributed by atoms with Crippen molar-refractivity contribution in [1.82, 2.24) is 15.5 Å². The van der Waals surface area contributed by atoms with Crippen LogP contribution in [0.25, 0.3) is 0 Å². The number of nitrogens with one attached hydrogen (secondary N) is 2. The Morgan fingerprint density at radius 2 is 1.96 bits per heavy atom. The van der Waals surface area contributed by atoms with Gasteiger partial charge >= 0.3 is 0 Å². The van der Waals surface area contributed by atoms with Crippen molar-refractivity contribution < 1.29 is 9.13 Å². The number of benzene rings is 1. The van der Waals surface area contributed by atoms with Gasteiger partial charge in [0.2, 0.25) is 0 Å². The number of hydrogen-bond acceptors (Lipinski definition) is 4. The van der Waals surface area contributed by atoms with Crippen LogP contribution in [0.5, 0.6) is 0 Å². The standard InChI is InChI=1S/C18H29FN4OS.HI/c1-2-20-18(21-8-3-10-23-11-13-24-14-12-23)22-9-15-25-17-6-4-16(19)5-7-17;/h4-7H,2-3,8-15H2,1H3,(H2,20,21,22);1H. The van der Waals surface area contributed by atoms with Crippen LogP contribution in [0.3, 0.4) is 0 Å². The SMILES string of the molecule is CCNC(=NCCCN1CCOCC1)NCCSc1ccc(F)cc1.I. The van der Waals surface area contributed by atoms with Gasteiger partial charge < -0.3 is 15.4 Å². The fourth-order valence-corrected chi connectivity index (χ4v) is 3.29. The number of ether oxygens (including phenoxy) is 1. The van der Waals surface area contributed by atoms with Crippen LogP contribution >= 0.6 is 35.7 Å². The zero-order chi connectivity index (χ0) is 17.7. The summed E-state index contributed by atoms with van der Waals surface area (Å²) in [7, 11) is 0. The lowest BCUT2D eigenvalue weighted by molar-refractivity contribution is 0.0377. The van der Waals surface area contributed by atoms with Crippen molar-refractivity contribution in [2.75, 3.05) is 58.2 Å². The number of guanidine groups is 1. The van der Waals surface area contributed by atoms with Crippen LogP contribution in [0, 0.1) is 5.82 Å². The third-order valence-electron chi connectivity index (χ3n) is 3.83. The van der Waals surface area contributed by atoms with Crippen molar-refractivity contribution in [3.8, 4) is 0 Å². The summed E-state index contributed by atoms with van der Waals surface area (Å²) in [5.41, 5.74) is 0. The van der Waals surface area contributed by atoms with Crippen molar-refractivity contribution >= 4 is 41.7 Å². The Labute approximate surface area is 177 Å². The maximum Gasteiger partial charge on any atom is 0.191 e. The van der Waals surface area contributed by atoms with Crippen LogP contribution in [0.15, 0.2) is 34.2 Å². The topological polar surface area (TPSA) is 48.9 Å². The molecule has 0 unspecified atom stereocenters. The van der Waals surface area contributed by atoms with Crippen molar-refractivity contribution in [3.63, 3.8) is 0 Å². The maximum atomic E-state index is 12.9. The van der Waals surface area contributed by atoms with Crippen molar-refractivity contribution in [2.45, 2.75) is 18.2 Å². The molecule has 2 N–H and O–H groups in total. The number of rotatable bonds is 9. The van der Waals surface area contributed by atoms with E-state index < -0.39 is 0 Å². The smallest absolute Gasteiger partial charge is 0.191 e. The molecular weight excluding hydrogens is 466 g/mol. The molecule has 0 aromatic heterocycles. The highest BCUT2D eigenvalue weighted by molar-refractivity contribution is 14.0. The van der Waals surface area contributed by atoms with Crippen molar-refractivity contribution in [2.24, 2.45) is 4.99 Å². The Hall–Kier alpha value is -0.580. The molecule has 0 atom stereocenters. The molecule has 1 fully saturated rings. The molecular formula is C18H30FIN4OS. The van der Waals surface area contributed by atoms with Crippen LogP contribution in [0.1, 0.15) is 13.3 Å². The molecule has 0 saturated carbocycles. The Morgan fingerprint density at radius 1 is 1.23 bits per heavy atom. The number of aliphatic imine (C=N–C) groups is 1. The number of morpholine rings is 1. The molecule has 0 bridgehead atoms. The molecule has 0 spiro atoms. The summed E-state index contributed by atoms with van der Waals surface area (Å²) in [5, 5.41) is 6.62. The van der Waals surface area contributed by atoms with E-state index in [9.17, 15) is 4.39 Å². The van der Waals surface area contributed by atoms with Gasteiger partial charge in [0.15, 0.2) is 5.96 Å². The first-order valence-electron chi connectivity index (χ1n) is 8.98. The van der Waals surface area contributed by atoms with Gasteiger partial charge in [0.25, 0.3) is 0 Å². The molecule has 8 heteroatoms. The van der Waals surface area contributed by atoms with Gasteiger partial charge in [0.1, 0.15) is 5.82 Å². The maximum absolute atomic E-state index is 12.9. The first-order valence-corrected chi connectivity index (χ1v) is 9.97. The molecule has 1 aliphatic heterocycles. The molecule has 0 amide bonds. The monoisotopic (exact) mass is 496 g/mol. The van der Waals surface area contributed by atoms with E-state index >= 15 is 0 Å². The Bertz CT molecular complexity index is 512. The van der Waals surface area contributed by atoms with Crippen molar-refractivity contribution in [1.29, 1.82) is 0 Å². The molecule has 0 aliphatic carbocycles. The first kappa shape index (κ1) is 23.5. The minimum absolute atomic E-state index is 0. The summed E-state index contributed by atoms with van der Waals surface area (Å²) in [6, 6.07) is 6.61. The molecule has 5 nitrogen and oxygen atoms in total. The van der Waals surface area contributed by atoms with Crippen LogP contribution in [-0.4, -0.2) is 69.1 Å². The average Bonchev–Trinajstić information content (AvgIpc) is 2.64. The summed E-state index contributed by atoms with van der Waals surface area (Å²) in [6.07, 6.45) is 1.06. The van der Waals surface area contributed by atoms with Crippen LogP contribution in [-0.2, 0) is 4.74 Å². The predicted molar refractivity (Wildman–Crippen MR) is 118 cm³/mol. The minimum atomic E-state index is -0.193. The second-order valence-corrected chi connectivity index (χ2v) is 6.97. The van der Waals surface area contributed by atoms with E-state index in [0.29, 0.717) is 0 Å². The quantitative estimate of drug-likeness (QED) is 0.181. The molecule has 1 heterocycles. The highest BCUT2D eigenvalue weighted by atomic mass is 127. The van der Waals surface area contributed by atoms with E-state index in [4.69, 9.17) is 4.74 Å². The first-order chi connectivity index (χ1) is 12.3. The van der Waals surface area contributed by atoms with Crippen molar-refractivity contribution in [3.05, 3.63) is 30.1 Å². The summed E-state index contributed by atoms with van der Waals surface area (Å²) in [5.74, 6) is 1.58. The van der Waals surface area contributed by atoms with Gasteiger partial charge in [-0.05, 0) is 37.6 Å². The van der Waals surface area contributed by atoms with E-state index in [0.717, 1.165) is 75.5 Å². The fraction of sp³-hybridized carbons (Fsp3) is 0.611. The second-order valence-electron chi connectivity index (χ2n) is 5.80. The molecule has 0 radical (unpaired) electrons. The molecule has 1 saturated heterocycles. The van der Waals surface area contributed by atoms with Gasteiger partial charge in [-0.3, -0.25) is 9.89 Å². The lowest BCUT2D eigenvalue weighted by Gasteiger charge is -2.26. The molecule has 2 rings (SSSR count). The molecule has 1 aliphatic rings. The Kier molecular flexibility index (Phi) is 13.1. The van der Waals surface area contributed by atoms with E-state index in [-0.39, 0.29) is 29.8 Å². The average molecular weight is 496 g/mol. The van der Waals surface area contributed by atoms with E-state index in [2.05, 4.69) is 27.4 Å². The van der Waals surface area contributed by atoms with Gasteiger partial charge in [-0.15, -0.1) is 35.7 Å². The fourth-order valence-electron chi connectivity index (χ4n) is 2.52. The van der Waals surface area contributed by atoms with E-state index in [1.807, 2.05) is 12.1 Å². The molecule has 148 valence electrons. The lowest BCUT2D eigenvalue weighted by atomic mass is 10.3.